The summed E-state index contributed by atoms with van der Waals surface area (Å²) in [5, 5.41) is 10.7. The Bertz CT molecular complexity index is 826. The van der Waals surface area contributed by atoms with Crippen molar-refractivity contribution >= 4 is 0 Å². The number of nitrogens with zero attached hydrogens (tertiary/aromatic N) is 2. The highest BCUT2D eigenvalue weighted by atomic mass is 16.5. The quantitative estimate of drug-likeness (QED) is 0.488. The van der Waals surface area contributed by atoms with E-state index in [1.54, 1.807) is 21.3 Å². The maximum absolute atomic E-state index is 10.7. The largest absolute Gasteiger partial charge is 0.497 e. The third-order valence-corrected chi connectivity index (χ3v) is 5.66. The molecule has 182 valence electrons. The zero-order chi connectivity index (χ0) is 23.5. The SMILES string of the molecule is COc1ccc(OCC(O)CN(CCN2CCOCC2)Cc2ccc(OC)c(OC)c2)cc1. The average molecular weight is 461 g/mol. The Kier molecular flexibility index (Phi) is 10.1. The van der Waals surface area contributed by atoms with E-state index in [9.17, 15) is 5.11 Å². The highest BCUT2D eigenvalue weighted by molar-refractivity contribution is 5.42. The fourth-order valence-corrected chi connectivity index (χ4v) is 3.79. The Morgan fingerprint density at radius 2 is 1.64 bits per heavy atom. The number of morpholine rings is 1. The highest BCUT2D eigenvalue weighted by Gasteiger charge is 2.17. The number of rotatable bonds is 13. The van der Waals surface area contributed by atoms with Crippen molar-refractivity contribution < 1.29 is 28.8 Å². The maximum Gasteiger partial charge on any atom is 0.161 e. The lowest BCUT2D eigenvalue weighted by atomic mass is 10.1. The Balaban J connectivity index is 1.59. The van der Waals surface area contributed by atoms with E-state index < -0.39 is 6.10 Å². The van der Waals surface area contributed by atoms with Gasteiger partial charge in [-0.15, -0.1) is 0 Å². The van der Waals surface area contributed by atoms with E-state index >= 15 is 0 Å². The van der Waals surface area contributed by atoms with Gasteiger partial charge in [0.15, 0.2) is 11.5 Å². The zero-order valence-corrected chi connectivity index (χ0v) is 19.9. The molecule has 1 atom stereocenters. The van der Waals surface area contributed by atoms with Crippen molar-refractivity contribution in [1.29, 1.82) is 0 Å². The summed E-state index contributed by atoms with van der Waals surface area (Å²) >= 11 is 0. The summed E-state index contributed by atoms with van der Waals surface area (Å²) in [5.41, 5.74) is 1.10. The van der Waals surface area contributed by atoms with Crippen molar-refractivity contribution in [1.82, 2.24) is 9.80 Å². The minimum absolute atomic E-state index is 0.215. The number of methoxy groups -OCH3 is 3. The molecule has 1 aliphatic rings. The molecule has 0 aromatic heterocycles. The second-order valence-electron chi connectivity index (χ2n) is 8.02. The number of aliphatic hydroxyl groups excluding tert-OH is 1. The van der Waals surface area contributed by atoms with E-state index in [4.69, 9.17) is 23.7 Å². The van der Waals surface area contributed by atoms with Gasteiger partial charge in [0.1, 0.15) is 24.2 Å². The van der Waals surface area contributed by atoms with Gasteiger partial charge in [-0.25, -0.2) is 0 Å². The number of aliphatic hydroxyl groups is 1. The van der Waals surface area contributed by atoms with Gasteiger partial charge in [0.2, 0.25) is 0 Å². The van der Waals surface area contributed by atoms with Crippen molar-refractivity contribution in [2.24, 2.45) is 0 Å². The van der Waals surface area contributed by atoms with Crippen LogP contribution in [0.2, 0.25) is 0 Å². The third kappa shape index (κ3) is 8.08. The van der Waals surface area contributed by atoms with Crippen molar-refractivity contribution in [2.45, 2.75) is 12.6 Å². The maximum atomic E-state index is 10.7. The number of hydrogen-bond acceptors (Lipinski definition) is 8. The Morgan fingerprint density at radius 1 is 0.939 bits per heavy atom. The molecule has 1 saturated heterocycles. The normalized spacial score (nSPS) is 15.3. The van der Waals surface area contributed by atoms with Crippen LogP contribution < -0.4 is 18.9 Å². The lowest BCUT2D eigenvalue weighted by Gasteiger charge is -2.31. The summed E-state index contributed by atoms with van der Waals surface area (Å²) in [6.07, 6.45) is -0.628. The van der Waals surface area contributed by atoms with Gasteiger partial charge in [-0.1, -0.05) is 6.07 Å². The molecule has 8 nitrogen and oxygen atoms in total. The summed E-state index contributed by atoms with van der Waals surface area (Å²) in [7, 11) is 4.90. The van der Waals surface area contributed by atoms with Crippen molar-refractivity contribution in [2.75, 3.05) is 73.9 Å². The first-order valence-electron chi connectivity index (χ1n) is 11.3. The summed E-state index contributed by atoms with van der Waals surface area (Å²) in [6.45, 7) is 6.56. The second kappa shape index (κ2) is 13.3. The lowest BCUT2D eigenvalue weighted by Crippen LogP contribution is -2.43. The molecule has 2 aromatic carbocycles. The molecular formula is C25H36N2O6. The molecule has 0 spiro atoms. The molecular weight excluding hydrogens is 424 g/mol. The Labute approximate surface area is 196 Å². The minimum Gasteiger partial charge on any atom is -0.497 e. The molecule has 2 aromatic rings. The van der Waals surface area contributed by atoms with Crippen LogP contribution in [0.1, 0.15) is 5.56 Å². The smallest absolute Gasteiger partial charge is 0.161 e. The van der Waals surface area contributed by atoms with Crippen LogP contribution in [-0.2, 0) is 11.3 Å². The van der Waals surface area contributed by atoms with E-state index in [1.807, 2.05) is 42.5 Å². The van der Waals surface area contributed by atoms with Gasteiger partial charge in [0, 0.05) is 39.3 Å². The molecule has 1 N–H and O–H groups in total. The first kappa shape index (κ1) is 25.1. The predicted octanol–water partition coefficient (Wildman–Crippen LogP) is 2.29. The molecule has 0 amide bonds. The molecule has 8 heteroatoms. The monoisotopic (exact) mass is 460 g/mol. The first-order valence-corrected chi connectivity index (χ1v) is 11.3. The van der Waals surface area contributed by atoms with E-state index in [1.165, 1.54) is 0 Å². The van der Waals surface area contributed by atoms with Gasteiger partial charge in [-0.2, -0.15) is 0 Å². The molecule has 1 heterocycles. The van der Waals surface area contributed by atoms with E-state index in [-0.39, 0.29) is 6.61 Å². The summed E-state index contributed by atoms with van der Waals surface area (Å²) in [6, 6.07) is 13.3. The van der Waals surface area contributed by atoms with Gasteiger partial charge in [0.25, 0.3) is 0 Å². The van der Waals surface area contributed by atoms with Gasteiger partial charge in [-0.05, 0) is 42.0 Å². The van der Waals surface area contributed by atoms with Crippen LogP contribution in [-0.4, -0.2) is 94.9 Å². The van der Waals surface area contributed by atoms with Crippen LogP contribution in [0.5, 0.6) is 23.0 Å². The molecule has 1 unspecified atom stereocenters. The fourth-order valence-electron chi connectivity index (χ4n) is 3.79. The van der Waals surface area contributed by atoms with Crippen LogP contribution in [0.4, 0.5) is 0 Å². The average Bonchev–Trinajstić information content (AvgIpc) is 2.86. The van der Waals surface area contributed by atoms with Crippen LogP contribution in [0, 0.1) is 0 Å². The summed E-state index contributed by atoms with van der Waals surface area (Å²) in [5.74, 6) is 2.88. The van der Waals surface area contributed by atoms with Crippen molar-refractivity contribution in [3.63, 3.8) is 0 Å². The molecule has 0 radical (unpaired) electrons. The van der Waals surface area contributed by atoms with Crippen molar-refractivity contribution in [3.05, 3.63) is 48.0 Å². The third-order valence-electron chi connectivity index (χ3n) is 5.66. The Morgan fingerprint density at radius 3 is 2.30 bits per heavy atom. The topological polar surface area (TPSA) is 72.9 Å². The molecule has 3 rings (SSSR count). The zero-order valence-electron chi connectivity index (χ0n) is 19.9. The molecule has 1 aliphatic heterocycles. The predicted molar refractivity (Wildman–Crippen MR) is 127 cm³/mol. The molecule has 0 aliphatic carbocycles. The Hall–Kier alpha value is -2.52. The second-order valence-corrected chi connectivity index (χ2v) is 8.02. The fraction of sp³-hybridized carbons (Fsp3) is 0.520. The standard InChI is InChI=1S/C25H36N2O6/c1-29-22-5-7-23(8-6-22)33-19-21(28)18-27(11-10-26-12-14-32-15-13-26)17-20-4-9-24(30-2)25(16-20)31-3/h4-9,16,21,28H,10-15,17-19H2,1-3H3. The number of hydrogen-bond donors (Lipinski definition) is 1. The minimum atomic E-state index is -0.628. The van der Waals surface area contributed by atoms with Crippen LogP contribution in [0.25, 0.3) is 0 Å². The highest BCUT2D eigenvalue weighted by Crippen LogP contribution is 2.28. The van der Waals surface area contributed by atoms with E-state index in [2.05, 4.69) is 9.80 Å². The summed E-state index contributed by atoms with van der Waals surface area (Å²) < 4.78 is 27.2. The molecule has 0 bridgehead atoms. The van der Waals surface area contributed by atoms with Gasteiger partial charge >= 0.3 is 0 Å². The van der Waals surface area contributed by atoms with E-state index in [0.717, 1.165) is 50.7 Å². The number of benzene rings is 2. The van der Waals surface area contributed by atoms with Crippen LogP contribution in [0.3, 0.4) is 0 Å². The lowest BCUT2D eigenvalue weighted by molar-refractivity contribution is 0.0256. The van der Waals surface area contributed by atoms with Crippen molar-refractivity contribution in [3.8, 4) is 23.0 Å². The van der Waals surface area contributed by atoms with Gasteiger partial charge < -0.3 is 28.8 Å². The van der Waals surface area contributed by atoms with Gasteiger partial charge in [0.05, 0.1) is 34.5 Å². The van der Waals surface area contributed by atoms with Crippen LogP contribution in [0.15, 0.2) is 42.5 Å². The van der Waals surface area contributed by atoms with Gasteiger partial charge in [-0.3, -0.25) is 9.80 Å². The molecule has 1 fully saturated rings. The number of ether oxygens (including phenoxy) is 5. The summed E-state index contributed by atoms with van der Waals surface area (Å²) in [4.78, 5) is 4.64. The van der Waals surface area contributed by atoms with E-state index in [0.29, 0.717) is 30.3 Å². The molecule has 0 saturated carbocycles. The van der Waals surface area contributed by atoms with Crippen LogP contribution >= 0.6 is 0 Å². The molecule has 33 heavy (non-hydrogen) atoms. The first-order chi connectivity index (χ1) is 16.1.